The molecule has 2 aromatic rings. The van der Waals surface area contributed by atoms with Crippen LogP contribution in [0.5, 0.6) is 5.75 Å². The number of benzene rings is 2. The quantitative estimate of drug-likeness (QED) is 0.312. The van der Waals surface area contributed by atoms with Gasteiger partial charge in [0.05, 0.1) is 23.0 Å². The third kappa shape index (κ3) is 6.24. The standard InChI is InChI=1S/C24H26F3NO5/c1-14(2)11-20(23(29)30)17-12-19(16-5-7-18(8-6-16)24(25,26)27)22(21(13-17)28(31)32)33-10-9-15-3-4-15/h5-8,12-15,20H,3-4,9-11H2,1-2H3,(H,29,30). The van der Waals surface area contributed by atoms with E-state index in [1.165, 1.54) is 24.3 Å². The largest absolute Gasteiger partial charge is 0.486 e. The molecule has 1 saturated carbocycles. The Morgan fingerprint density at radius 2 is 1.85 bits per heavy atom. The number of hydrogen-bond acceptors (Lipinski definition) is 4. The molecule has 0 amide bonds. The number of nitro groups is 1. The van der Waals surface area contributed by atoms with Crippen molar-refractivity contribution in [3.63, 3.8) is 0 Å². The fraction of sp³-hybridized carbons (Fsp3) is 0.458. The number of ether oxygens (including phenoxy) is 1. The fourth-order valence-electron chi connectivity index (χ4n) is 3.76. The number of rotatable bonds is 10. The van der Waals surface area contributed by atoms with Gasteiger partial charge in [0.1, 0.15) is 0 Å². The van der Waals surface area contributed by atoms with Crippen molar-refractivity contribution >= 4 is 11.7 Å². The first-order chi connectivity index (χ1) is 15.5. The lowest BCUT2D eigenvalue weighted by Gasteiger charge is -2.19. The summed E-state index contributed by atoms with van der Waals surface area (Å²) < 4.78 is 44.9. The van der Waals surface area contributed by atoms with Gasteiger partial charge in [0, 0.05) is 11.6 Å². The van der Waals surface area contributed by atoms with Crippen molar-refractivity contribution in [2.24, 2.45) is 11.8 Å². The van der Waals surface area contributed by atoms with Gasteiger partial charge in [-0.15, -0.1) is 0 Å². The van der Waals surface area contributed by atoms with Crippen LogP contribution in [0.15, 0.2) is 36.4 Å². The number of carboxylic acids is 1. The van der Waals surface area contributed by atoms with Crippen molar-refractivity contribution in [1.82, 2.24) is 0 Å². The SMILES string of the molecule is CC(C)CC(C(=O)O)c1cc(-c2ccc(C(F)(F)F)cc2)c(OCCC2CC2)c([N+](=O)[O-])c1. The van der Waals surface area contributed by atoms with Gasteiger partial charge < -0.3 is 9.84 Å². The number of nitro benzene ring substituents is 1. The summed E-state index contributed by atoms with van der Waals surface area (Å²) in [6, 6.07) is 6.93. The highest BCUT2D eigenvalue weighted by Crippen LogP contribution is 2.43. The Morgan fingerprint density at radius 1 is 1.21 bits per heavy atom. The minimum Gasteiger partial charge on any atom is -0.486 e. The second-order valence-corrected chi connectivity index (χ2v) is 8.85. The fourth-order valence-corrected chi connectivity index (χ4v) is 3.76. The number of halogens is 3. The first-order valence-corrected chi connectivity index (χ1v) is 10.8. The lowest BCUT2D eigenvalue weighted by atomic mass is 9.87. The minimum absolute atomic E-state index is 0.00847. The van der Waals surface area contributed by atoms with Crippen LogP contribution < -0.4 is 4.74 Å². The molecule has 1 N–H and O–H groups in total. The molecular formula is C24H26F3NO5. The number of carboxylic acid groups (broad SMARTS) is 1. The average Bonchev–Trinajstić information content (AvgIpc) is 3.55. The Hall–Kier alpha value is -3.10. The van der Waals surface area contributed by atoms with Crippen LogP contribution in [0.3, 0.4) is 0 Å². The molecule has 1 aliphatic rings. The van der Waals surface area contributed by atoms with E-state index < -0.39 is 34.2 Å². The third-order valence-corrected chi connectivity index (χ3v) is 5.69. The van der Waals surface area contributed by atoms with Crippen LogP contribution in [0.4, 0.5) is 18.9 Å². The molecule has 0 spiro atoms. The van der Waals surface area contributed by atoms with Crippen LogP contribution in [0, 0.1) is 22.0 Å². The molecule has 1 aliphatic carbocycles. The van der Waals surface area contributed by atoms with Crippen LogP contribution in [-0.2, 0) is 11.0 Å². The van der Waals surface area contributed by atoms with Gasteiger partial charge in [-0.1, -0.05) is 38.8 Å². The molecule has 3 rings (SSSR count). The van der Waals surface area contributed by atoms with Crippen LogP contribution in [0.2, 0.25) is 0 Å². The van der Waals surface area contributed by atoms with E-state index in [2.05, 4.69) is 0 Å². The monoisotopic (exact) mass is 465 g/mol. The maximum Gasteiger partial charge on any atom is 0.416 e. The predicted octanol–water partition coefficient (Wildman–Crippen LogP) is 6.67. The van der Waals surface area contributed by atoms with Crippen LogP contribution in [-0.4, -0.2) is 22.6 Å². The van der Waals surface area contributed by atoms with Crippen molar-refractivity contribution in [1.29, 1.82) is 0 Å². The summed E-state index contributed by atoms with van der Waals surface area (Å²) in [5, 5.41) is 21.6. The molecule has 9 heteroatoms. The second kappa shape index (κ2) is 9.80. The molecule has 0 aromatic heterocycles. The molecule has 0 radical (unpaired) electrons. The van der Waals surface area contributed by atoms with Crippen LogP contribution >= 0.6 is 0 Å². The van der Waals surface area contributed by atoms with Crippen LogP contribution in [0.1, 0.15) is 56.6 Å². The molecule has 178 valence electrons. The van der Waals surface area contributed by atoms with Gasteiger partial charge >= 0.3 is 17.8 Å². The zero-order valence-electron chi connectivity index (χ0n) is 18.4. The van der Waals surface area contributed by atoms with Gasteiger partial charge in [-0.2, -0.15) is 13.2 Å². The number of aliphatic carboxylic acids is 1. The lowest BCUT2D eigenvalue weighted by molar-refractivity contribution is -0.385. The highest BCUT2D eigenvalue weighted by molar-refractivity contribution is 5.81. The molecule has 2 aromatic carbocycles. The van der Waals surface area contributed by atoms with E-state index in [-0.39, 0.29) is 41.4 Å². The van der Waals surface area contributed by atoms with Gasteiger partial charge in [-0.3, -0.25) is 14.9 Å². The maximum absolute atomic E-state index is 13.0. The Labute approximate surface area is 189 Å². The van der Waals surface area contributed by atoms with E-state index >= 15 is 0 Å². The summed E-state index contributed by atoms with van der Waals surface area (Å²) in [6.45, 7) is 3.92. The van der Waals surface area contributed by atoms with Crippen LogP contribution in [0.25, 0.3) is 11.1 Å². The number of alkyl halides is 3. The average molecular weight is 465 g/mol. The number of carbonyl (C=O) groups is 1. The molecule has 0 bridgehead atoms. The normalized spacial score (nSPS) is 14.8. The van der Waals surface area contributed by atoms with Crippen molar-refractivity contribution in [2.45, 2.75) is 51.6 Å². The Balaban J connectivity index is 2.13. The Kier molecular flexibility index (Phi) is 7.29. The molecule has 33 heavy (non-hydrogen) atoms. The van der Waals surface area contributed by atoms with Gasteiger partial charge in [0.15, 0.2) is 0 Å². The molecule has 1 atom stereocenters. The molecule has 0 saturated heterocycles. The van der Waals surface area contributed by atoms with E-state index in [1.54, 1.807) is 0 Å². The first-order valence-electron chi connectivity index (χ1n) is 10.8. The third-order valence-electron chi connectivity index (χ3n) is 5.69. The van der Waals surface area contributed by atoms with E-state index in [4.69, 9.17) is 4.74 Å². The second-order valence-electron chi connectivity index (χ2n) is 8.85. The summed E-state index contributed by atoms with van der Waals surface area (Å²) in [5.41, 5.74) is -0.543. The predicted molar refractivity (Wildman–Crippen MR) is 116 cm³/mol. The molecule has 0 heterocycles. The van der Waals surface area contributed by atoms with E-state index in [0.29, 0.717) is 5.92 Å². The number of hydrogen-bond donors (Lipinski definition) is 1. The minimum atomic E-state index is -4.53. The first kappa shape index (κ1) is 24.5. The number of nitrogens with zero attached hydrogens (tertiary/aromatic N) is 1. The van der Waals surface area contributed by atoms with E-state index in [9.17, 15) is 33.2 Å². The van der Waals surface area contributed by atoms with E-state index in [0.717, 1.165) is 31.4 Å². The van der Waals surface area contributed by atoms with E-state index in [1.807, 2.05) is 13.8 Å². The van der Waals surface area contributed by atoms with Gasteiger partial charge in [0.25, 0.3) is 0 Å². The zero-order valence-corrected chi connectivity index (χ0v) is 18.4. The van der Waals surface area contributed by atoms with Crippen molar-refractivity contribution in [3.05, 3.63) is 57.6 Å². The zero-order chi connectivity index (χ0) is 24.3. The molecule has 1 fully saturated rings. The molecule has 6 nitrogen and oxygen atoms in total. The molecular weight excluding hydrogens is 439 g/mol. The summed E-state index contributed by atoms with van der Waals surface area (Å²) in [5.74, 6) is -1.66. The van der Waals surface area contributed by atoms with Gasteiger partial charge in [-0.05, 0) is 54.0 Å². The lowest BCUT2D eigenvalue weighted by Crippen LogP contribution is -2.15. The summed E-state index contributed by atoms with van der Waals surface area (Å²) >= 11 is 0. The maximum atomic E-state index is 13.0. The van der Waals surface area contributed by atoms with Gasteiger partial charge in [-0.25, -0.2) is 0 Å². The highest BCUT2D eigenvalue weighted by Gasteiger charge is 2.32. The summed E-state index contributed by atoms with van der Waals surface area (Å²) in [7, 11) is 0. The molecule has 0 aliphatic heterocycles. The van der Waals surface area contributed by atoms with Crippen molar-refractivity contribution < 1.29 is 32.7 Å². The van der Waals surface area contributed by atoms with Gasteiger partial charge in [0.2, 0.25) is 5.75 Å². The smallest absolute Gasteiger partial charge is 0.416 e. The summed E-state index contributed by atoms with van der Waals surface area (Å²) in [6.07, 6.45) is -1.41. The molecule has 1 unspecified atom stereocenters. The Bertz CT molecular complexity index is 1010. The summed E-state index contributed by atoms with van der Waals surface area (Å²) in [4.78, 5) is 23.2. The van der Waals surface area contributed by atoms with Crippen molar-refractivity contribution in [2.75, 3.05) is 6.61 Å². The van der Waals surface area contributed by atoms with Crippen molar-refractivity contribution in [3.8, 4) is 16.9 Å². The topological polar surface area (TPSA) is 89.7 Å². The highest BCUT2D eigenvalue weighted by atomic mass is 19.4. The Morgan fingerprint density at radius 3 is 2.33 bits per heavy atom.